The van der Waals surface area contributed by atoms with Crippen LogP contribution in [0.5, 0.6) is 5.75 Å². The maximum Gasteiger partial charge on any atom is 0.299 e. The molecule has 0 bridgehead atoms. The largest absolute Gasteiger partial charge is 0.495 e. The number of nitrogens with zero attached hydrogens (tertiary/aromatic N) is 3. The molecular formula is C24H27ClN4O3S. The molecule has 0 saturated carbocycles. The van der Waals surface area contributed by atoms with Gasteiger partial charge in [0.25, 0.3) is 5.24 Å². The van der Waals surface area contributed by atoms with Crippen LogP contribution in [-0.2, 0) is 5.41 Å². The topological polar surface area (TPSA) is 86.5 Å². The van der Waals surface area contributed by atoms with E-state index >= 15 is 0 Å². The zero-order valence-electron chi connectivity index (χ0n) is 19.1. The average Bonchev–Trinajstić information content (AvgIpc) is 2.81. The van der Waals surface area contributed by atoms with E-state index in [1.54, 1.807) is 19.2 Å². The van der Waals surface area contributed by atoms with Crippen LogP contribution >= 0.6 is 23.4 Å². The number of carbonyl (C=O) groups excluding carboxylic acids is 1. The molecule has 2 aliphatic rings. The Kier molecular flexibility index (Phi) is 6.59. The van der Waals surface area contributed by atoms with Gasteiger partial charge in [-0.2, -0.15) is 5.10 Å². The van der Waals surface area contributed by atoms with Crippen LogP contribution in [-0.4, -0.2) is 40.9 Å². The number of fused-ring (bicyclic) bond motifs is 1. The third-order valence-corrected chi connectivity index (χ3v) is 7.67. The van der Waals surface area contributed by atoms with Gasteiger partial charge >= 0.3 is 0 Å². The number of benzene rings is 2. The Hall–Kier alpha value is -2.71. The lowest BCUT2D eigenvalue weighted by molar-refractivity contribution is 0.260. The van der Waals surface area contributed by atoms with E-state index in [1.807, 2.05) is 23.1 Å². The molecule has 2 aliphatic heterocycles. The number of halogens is 1. The van der Waals surface area contributed by atoms with E-state index in [4.69, 9.17) is 16.3 Å². The van der Waals surface area contributed by atoms with Crippen molar-refractivity contribution in [2.75, 3.05) is 18.6 Å². The SMILES string of the molecule is CCC1SC(=O)NN=C1c1ccc2c(c1)C(C)(C)CCN2C(=NO)c1ccc(OC)c(Cl)c1. The summed E-state index contributed by atoms with van der Waals surface area (Å²) < 4.78 is 5.25. The monoisotopic (exact) mass is 486 g/mol. The number of amidine groups is 1. The molecule has 7 nitrogen and oxygen atoms in total. The minimum absolute atomic E-state index is 0.00983. The quantitative estimate of drug-likeness (QED) is 0.254. The first-order chi connectivity index (χ1) is 15.8. The number of thioether (sulfide) groups is 1. The molecule has 0 spiro atoms. The molecule has 0 saturated heterocycles. The molecule has 1 atom stereocenters. The van der Waals surface area contributed by atoms with Gasteiger partial charge in [-0.3, -0.25) is 4.79 Å². The molecule has 33 heavy (non-hydrogen) atoms. The Morgan fingerprint density at radius 3 is 2.82 bits per heavy atom. The second-order valence-electron chi connectivity index (χ2n) is 8.70. The summed E-state index contributed by atoms with van der Waals surface area (Å²) in [5.74, 6) is 0.986. The van der Waals surface area contributed by atoms with Gasteiger partial charge in [0.05, 0.1) is 23.1 Å². The summed E-state index contributed by atoms with van der Waals surface area (Å²) in [6, 6.07) is 11.5. The zero-order valence-corrected chi connectivity index (χ0v) is 20.6. The lowest BCUT2D eigenvalue weighted by Gasteiger charge is -2.40. The molecule has 1 amide bonds. The van der Waals surface area contributed by atoms with E-state index in [2.05, 4.69) is 42.5 Å². The summed E-state index contributed by atoms with van der Waals surface area (Å²) in [4.78, 5) is 13.8. The van der Waals surface area contributed by atoms with Crippen LogP contribution in [0.25, 0.3) is 0 Å². The van der Waals surface area contributed by atoms with Gasteiger partial charge in [0.1, 0.15) is 5.75 Å². The highest BCUT2D eigenvalue weighted by Crippen LogP contribution is 2.42. The number of rotatable bonds is 4. The molecule has 0 aromatic heterocycles. The first-order valence-electron chi connectivity index (χ1n) is 10.8. The number of amides is 1. The molecule has 2 N–H and O–H groups in total. The molecule has 2 heterocycles. The molecule has 2 aromatic carbocycles. The van der Waals surface area contributed by atoms with Crippen molar-refractivity contribution in [2.45, 2.75) is 44.3 Å². The van der Waals surface area contributed by atoms with E-state index in [0.717, 1.165) is 35.4 Å². The molecule has 2 aromatic rings. The predicted molar refractivity (Wildman–Crippen MR) is 134 cm³/mol. The van der Waals surface area contributed by atoms with Crippen LogP contribution in [0.15, 0.2) is 46.7 Å². The summed E-state index contributed by atoms with van der Waals surface area (Å²) in [7, 11) is 1.56. The Morgan fingerprint density at radius 2 is 2.15 bits per heavy atom. The van der Waals surface area contributed by atoms with Crippen LogP contribution in [0.3, 0.4) is 0 Å². The van der Waals surface area contributed by atoms with Crippen molar-refractivity contribution in [2.24, 2.45) is 10.3 Å². The number of methoxy groups -OCH3 is 1. The van der Waals surface area contributed by atoms with E-state index in [0.29, 0.717) is 28.7 Å². The van der Waals surface area contributed by atoms with Crippen molar-refractivity contribution in [3.8, 4) is 5.75 Å². The fraction of sp³-hybridized carbons (Fsp3) is 0.375. The van der Waals surface area contributed by atoms with Gasteiger partial charge < -0.3 is 14.8 Å². The normalized spacial score (nSPS) is 20.1. The van der Waals surface area contributed by atoms with E-state index in [-0.39, 0.29) is 15.9 Å². The average molecular weight is 487 g/mol. The van der Waals surface area contributed by atoms with Crippen molar-refractivity contribution in [3.63, 3.8) is 0 Å². The Labute approximate surface area is 202 Å². The number of hydrogen-bond acceptors (Lipinski definition) is 6. The van der Waals surface area contributed by atoms with Crippen LogP contribution in [0.4, 0.5) is 10.5 Å². The van der Waals surface area contributed by atoms with Gasteiger partial charge in [-0.1, -0.05) is 55.4 Å². The standard InChI is InChI=1S/C24H27ClN4O3S/c1-5-20-21(26-27-23(30)33-20)14-6-8-18-16(12-14)24(2,3)10-11-29(18)22(28-31)15-7-9-19(32-4)17(25)13-15/h6-9,12-13,20,31H,5,10-11H2,1-4H3,(H,27,30). The smallest absolute Gasteiger partial charge is 0.299 e. The van der Waals surface area contributed by atoms with Crippen LogP contribution in [0, 0.1) is 0 Å². The highest BCUT2D eigenvalue weighted by Gasteiger charge is 2.35. The van der Waals surface area contributed by atoms with Crippen molar-refractivity contribution in [3.05, 3.63) is 58.1 Å². The molecule has 0 radical (unpaired) electrons. The minimum atomic E-state index is -0.128. The third kappa shape index (κ3) is 4.42. The van der Waals surface area contributed by atoms with E-state index in [1.165, 1.54) is 11.8 Å². The molecule has 0 fully saturated rings. The fourth-order valence-corrected chi connectivity index (χ4v) is 5.41. The lowest BCUT2D eigenvalue weighted by atomic mass is 9.76. The van der Waals surface area contributed by atoms with E-state index in [9.17, 15) is 10.0 Å². The number of nitrogens with one attached hydrogen (secondary N) is 1. The number of hydrogen-bond donors (Lipinski definition) is 2. The fourth-order valence-electron chi connectivity index (χ4n) is 4.33. The molecule has 174 valence electrons. The number of hydrazone groups is 1. The highest BCUT2D eigenvalue weighted by molar-refractivity contribution is 8.14. The summed E-state index contributed by atoms with van der Waals surface area (Å²) in [5, 5.41) is 18.3. The number of oxime groups is 1. The first-order valence-corrected chi connectivity index (χ1v) is 12.1. The van der Waals surface area contributed by atoms with Gasteiger partial charge in [0, 0.05) is 17.8 Å². The Morgan fingerprint density at radius 1 is 1.36 bits per heavy atom. The van der Waals surface area contributed by atoms with Crippen molar-refractivity contribution in [1.82, 2.24) is 5.43 Å². The van der Waals surface area contributed by atoms with Crippen LogP contribution in [0.2, 0.25) is 5.02 Å². The van der Waals surface area contributed by atoms with Gasteiger partial charge in [0.15, 0.2) is 5.84 Å². The number of carbonyl (C=O) groups is 1. The third-order valence-electron chi connectivity index (χ3n) is 6.23. The second-order valence-corrected chi connectivity index (χ2v) is 10.3. The lowest BCUT2D eigenvalue weighted by Crippen LogP contribution is -2.42. The molecule has 0 aliphatic carbocycles. The summed E-state index contributed by atoms with van der Waals surface area (Å²) in [6.07, 6.45) is 1.67. The molecule has 1 unspecified atom stereocenters. The van der Waals surface area contributed by atoms with Gasteiger partial charge in [-0.05, 0) is 59.7 Å². The predicted octanol–water partition coefficient (Wildman–Crippen LogP) is 5.61. The van der Waals surface area contributed by atoms with Crippen LogP contribution < -0.4 is 15.1 Å². The van der Waals surface area contributed by atoms with Crippen LogP contribution in [0.1, 0.15) is 50.3 Å². The number of ether oxygens (including phenoxy) is 1. The van der Waals surface area contributed by atoms with E-state index < -0.39 is 0 Å². The molecule has 4 rings (SSSR count). The minimum Gasteiger partial charge on any atom is -0.495 e. The highest BCUT2D eigenvalue weighted by atomic mass is 35.5. The van der Waals surface area contributed by atoms with Gasteiger partial charge in [-0.25, -0.2) is 5.43 Å². The number of anilines is 1. The van der Waals surface area contributed by atoms with Gasteiger partial charge in [-0.15, -0.1) is 0 Å². The summed E-state index contributed by atoms with van der Waals surface area (Å²) in [5.41, 5.74) is 7.15. The zero-order chi connectivity index (χ0) is 23.8. The van der Waals surface area contributed by atoms with Crippen molar-refractivity contribution in [1.29, 1.82) is 0 Å². The second kappa shape index (κ2) is 9.27. The van der Waals surface area contributed by atoms with Gasteiger partial charge in [0.2, 0.25) is 0 Å². The summed E-state index contributed by atoms with van der Waals surface area (Å²) in [6.45, 7) is 7.17. The van der Waals surface area contributed by atoms with Crippen molar-refractivity contribution >= 4 is 45.8 Å². The molecular weight excluding hydrogens is 460 g/mol. The van der Waals surface area contributed by atoms with Crippen molar-refractivity contribution < 1.29 is 14.7 Å². The Bertz CT molecular complexity index is 1150. The summed E-state index contributed by atoms with van der Waals surface area (Å²) >= 11 is 7.61. The maximum atomic E-state index is 11.8. The maximum absolute atomic E-state index is 11.8. The first kappa shape index (κ1) is 23.4. The Balaban J connectivity index is 1.77. The molecule has 9 heteroatoms.